The molecule has 0 radical (unpaired) electrons. The van der Waals surface area contributed by atoms with Gasteiger partial charge in [0.15, 0.2) is 0 Å². The highest BCUT2D eigenvalue weighted by atomic mass is 35.5. The van der Waals surface area contributed by atoms with Crippen LogP contribution in [-0.2, 0) is 4.74 Å². The maximum absolute atomic E-state index is 6.00. The molecule has 1 atom stereocenters. The van der Waals surface area contributed by atoms with Crippen molar-refractivity contribution in [2.24, 2.45) is 0 Å². The Bertz CT molecular complexity index is 356. The van der Waals surface area contributed by atoms with E-state index in [4.69, 9.17) is 16.3 Å². The number of hydrogen-bond acceptors (Lipinski definition) is 2. The third-order valence-electron chi connectivity index (χ3n) is 2.88. The SMILES string of the molecule is CCCCOC(CNC(C)(C)C)c1ccc(Cl)cc1. The monoisotopic (exact) mass is 283 g/mol. The molecule has 0 aliphatic carbocycles. The van der Waals surface area contributed by atoms with Crippen LogP contribution in [0.4, 0.5) is 0 Å². The van der Waals surface area contributed by atoms with E-state index in [0.29, 0.717) is 0 Å². The van der Waals surface area contributed by atoms with E-state index in [0.717, 1.165) is 31.0 Å². The Morgan fingerprint density at radius 3 is 2.37 bits per heavy atom. The van der Waals surface area contributed by atoms with Crippen LogP contribution in [0.1, 0.15) is 52.2 Å². The topological polar surface area (TPSA) is 21.3 Å². The highest BCUT2D eigenvalue weighted by Gasteiger charge is 2.16. The second-order valence-corrected chi connectivity index (χ2v) is 6.33. The molecule has 1 aromatic carbocycles. The number of benzene rings is 1. The van der Waals surface area contributed by atoms with Gasteiger partial charge < -0.3 is 10.1 Å². The summed E-state index contributed by atoms with van der Waals surface area (Å²) < 4.78 is 6.00. The van der Waals surface area contributed by atoms with E-state index in [2.05, 4.69) is 33.0 Å². The van der Waals surface area contributed by atoms with Gasteiger partial charge in [0, 0.05) is 23.7 Å². The molecule has 0 bridgehead atoms. The van der Waals surface area contributed by atoms with Crippen molar-refractivity contribution in [1.29, 1.82) is 0 Å². The summed E-state index contributed by atoms with van der Waals surface area (Å²) in [6, 6.07) is 7.93. The van der Waals surface area contributed by atoms with Crippen molar-refractivity contribution in [3.63, 3.8) is 0 Å². The number of ether oxygens (including phenoxy) is 1. The average Bonchev–Trinajstić information content (AvgIpc) is 2.34. The summed E-state index contributed by atoms with van der Waals surface area (Å²) in [7, 11) is 0. The minimum atomic E-state index is 0.0861. The van der Waals surface area contributed by atoms with Gasteiger partial charge in [0.05, 0.1) is 6.10 Å². The summed E-state index contributed by atoms with van der Waals surface area (Å²) in [6.45, 7) is 10.3. The van der Waals surface area contributed by atoms with Crippen molar-refractivity contribution in [1.82, 2.24) is 5.32 Å². The van der Waals surface area contributed by atoms with Crippen LogP contribution in [0.15, 0.2) is 24.3 Å². The fourth-order valence-electron chi connectivity index (χ4n) is 1.72. The highest BCUT2D eigenvalue weighted by Crippen LogP contribution is 2.20. The number of nitrogens with one attached hydrogen (secondary N) is 1. The zero-order valence-electron chi connectivity index (χ0n) is 12.5. The Kier molecular flexibility index (Phi) is 6.84. The van der Waals surface area contributed by atoms with Gasteiger partial charge in [-0.1, -0.05) is 37.1 Å². The lowest BCUT2D eigenvalue weighted by molar-refractivity contribution is 0.0464. The number of halogens is 1. The van der Waals surface area contributed by atoms with Crippen LogP contribution in [0, 0.1) is 0 Å². The Morgan fingerprint density at radius 2 is 1.84 bits per heavy atom. The smallest absolute Gasteiger partial charge is 0.0949 e. The standard InChI is InChI=1S/C16H26ClNO/c1-5-6-11-19-15(12-18-16(2,3)4)13-7-9-14(17)10-8-13/h7-10,15,18H,5-6,11-12H2,1-4H3. The van der Waals surface area contributed by atoms with Crippen molar-refractivity contribution < 1.29 is 4.74 Å². The van der Waals surface area contributed by atoms with Gasteiger partial charge in [0.1, 0.15) is 0 Å². The first-order valence-electron chi connectivity index (χ1n) is 7.04. The van der Waals surface area contributed by atoms with Crippen LogP contribution >= 0.6 is 11.6 Å². The van der Waals surface area contributed by atoms with E-state index in [9.17, 15) is 0 Å². The van der Waals surface area contributed by atoms with Gasteiger partial charge in [-0.2, -0.15) is 0 Å². The first-order valence-corrected chi connectivity index (χ1v) is 7.42. The third-order valence-corrected chi connectivity index (χ3v) is 3.13. The van der Waals surface area contributed by atoms with E-state index in [1.54, 1.807) is 0 Å². The van der Waals surface area contributed by atoms with Crippen LogP contribution in [0.25, 0.3) is 0 Å². The molecule has 0 saturated carbocycles. The summed E-state index contributed by atoms with van der Waals surface area (Å²) in [5.74, 6) is 0. The molecule has 1 rings (SSSR count). The van der Waals surface area contributed by atoms with Gasteiger partial charge in [-0.05, 0) is 44.9 Å². The maximum atomic E-state index is 6.00. The molecule has 0 aliphatic heterocycles. The van der Waals surface area contributed by atoms with E-state index in [1.165, 1.54) is 5.56 Å². The van der Waals surface area contributed by atoms with E-state index >= 15 is 0 Å². The summed E-state index contributed by atoms with van der Waals surface area (Å²) in [4.78, 5) is 0. The normalized spacial score (nSPS) is 13.5. The molecule has 3 heteroatoms. The molecule has 0 spiro atoms. The Balaban J connectivity index is 2.65. The third kappa shape index (κ3) is 6.95. The highest BCUT2D eigenvalue weighted by molar-refractivity contribution is 6.30. The zero-order valence-corrected chi connectivity index (χ0v) is 13.3. The molecular weight excluding hydrogens is 258 g/mol. The van der Waals surface area contributed by atoms with Gasteiger partial charge in [-0.15, -0.1) is 0 Å². The van der Waals surface area contributed by atoms with E-state index in [-0.39, 0.29) is 11.6 Å². The molecule has 1 N–H and O–H groups in total. The van der Waals surface area contributed by atoms with Crippen LogP contribution in [0.5, 0.6) is 0 Å². The zero-order chi connectivity index (χ0) is 14.3. The molecule has 0 fully saturated rings. The molecule has 0 aliphatic rings. The van der Waals surface area contributed by atoms with Crippen molar-refractivity contribution in [3.8, 4) is 0 Å². The lowest BCUT2D eigenvalue weighted by Crippen LogP contribution is -2.39. The molecule has 2 nitrogen and oxygen atoms in total. The van der Waals surface area contributed by atoms with Crippen molar-refractivity contribution in [2.45, 2.75) is 52.2 Å². The minimum absolute atomic E-state index is 0.0861. The van der Waals surface area contributed by atoms with Crippen molar-refractivity contribution >= 4 is 11.6 Å². The molecule has 0 saturated heterocycles. The first-order chi connectivity index (χ1) is 8.92. The Morgan fingerprint density at radius 1 is 1.21 bits per heavy atom. The quantitative estimate of drug-likeness (QED) is 0.739. The lowest BCUT2D eigenvalue weighted by Gasteiger charge is -2.26. The molecule has 1 unspecified atom stereocenters. The van der Waals surface area contributed by atoms with Crippen LogP contribution in [-0.4, -0.2) is 18.7 Å². The molecular formula is C16H26ClNO. The number of rotatable bonds is 7. The van der Waals surface area contributed by atoms with Crippen molar-refractivity contribution in [2.75, 3.05) is 13.2 Å². The summed E-state index contributed by atoms with van der Waals surface area (Å²) >= 11 is 5.94. The fourth-order valence-corrected chi connectivity index (χ4v) is 1.85. The van der Waals surface area contributed by atoms with E-state index in [1.807, 2.05) is 24.3 Å². The number of unbranched alkanes of at least 4 members (excludes halogenated alkanes) is 1. The van der Waals surface area contributed by atoms with Gasteiger partial charge in [-0.3, -0.25) is 0 Å². The second-order valence-electron chi connectivity index (χ2n) is 5.90. The fraction of sp³-hybridized carbons (Fsp3) is 0.625. The molecule has 19 heavy (non-hydrogen) atoms. The predicted octanol–water partition coefficient (Wildman–Crippen LogP) is 4.59. The molecule has 0 amide bonds. The van der Waals surface area contributed by atoms with Gasteiger partial charge in [-0.25, -0.2) is 0 Å². The van der Waals surface area contributed by atoms with Crippen molar-refractivity contribution in [3.05, 3.63) is 34.9 Å². The summed E-state index contributed by atoms with van der Waals surface area (Å²) in [6.07, 6.45) is 2.34. The summed E-state index contributed by atoms with van der Waals surface area (Å²) in [5, 5.41) is 4.27. The second kappa shape index (κ2) is 7.88. The van der Waals surface area contributed by atoms with Gasteiger partial charge in [0.25, 0.3) is 0 Å². The predicted molar refractivity (Wildman–Crippen MR) is 82.8 cm³/mol. The molecule has 108 valence electrons. The lowest BCUT2D eigenvalue weighted by atomic mass is 10.1. The largest absolute Gasteiger partial charge is 0.372 e. The number of hydrogen-bond donors (Lipinski definition) is 1. The minimum Gasteiger partial charge on any atom is -0.372 e. The van der Waals surface area contributed by atoms with E-state index < -0.39 is 0 Å². The molecule has 0 heterocycles. The summed E-state index contributed by atoms with van der Waals surface area (Å²) in [5.41, 5.74) is 1.27. The Hall–Kier alpha value is -0.570. The molecule has 1 aromatic rings. The average molecular weight is 284 g/mol. The van der Waals surface area contributed by atoms with Gasteiger partial charge >= 0.3 is 0 Å². The first kappa shape index (κ1) is 16.5. The molecule has 0 aromatic heterocycles. The van der Waals surface area contributed by atoms with Crippen LogP contribution in [0.3, 0.4) is 0 Å². The maximum Gasteiger partial charge on any atom is 0.0949 e. The van der Waals surface area contributed by atoms with Crippen LogP contribution < -0.4 is 5.32 Å². The van der Waals surface area contributed by atoms with Gasteiger partial charge in [0.2, 0.25) is 0 Å². The van der Waals surface area contributed by atoms with Crippen LogP contribution in [0.2, 0.25) is 5.02 Å². The Labute approximate surface area is 122 Å².